The van der Waals surface area contributed by atoms with E-state index in [2.05, 4.69) is 20.8 Å². The van der Waals surface area contributed by atoms with Crippen LogP contribution in [0.25, 0.3) is 0 Å². The Kier molecular flexibility index (Phi) is 8.11. The molecule has 1 fully saturated rings. The molecular weight excluding hydrogens is 468 g/mol. The van der Waals surface area contributed by atoms with Crippen molar-refractivity contribution in [2.24, 2.45) is 7.05 Å². The lowest BCUT2D eigenvalue weighted by Gasteiger charge is -2.27. The number of nitrogens with zero attached hydrogens (tertiary/aromatic N) is 4. The first-order valence-corrected chi connectivity index (χ1v) is 12.1. The smallest absolute Gasteiger partial charge is 0.254 e. The first-order chi connectivity index (χ1) is 17.0. The predicted octanol–water partition coefficient (Wildman–Crippen LogP) is 1.95. The van der Waals surface area contributed by atoms with Crippen LogP contribution in [0.4, 0.5) is 5.69 Å². The molecule has 2 aromatic carbocycles. The van der Waals surface area contributed by atoms with E-state index in [1.807, 2.05) is 6.07 Å². The highest BCUT2D eigenvalue weighted by Gasteiger charge is 2.19. The lowest BCUT2D eigenvalue weighted by atomic mass is 10.1. The maximum atomic E-state index is 12.7. The Morgan fingerprint density at radius 2 is 1.74 bits per heavy atom. The zero-order chi connectivity index (χ0) is 24.6. The number of carbonyl (C=O) groups excluding carboxylic acids is 3. The average Bonchev–Trinajstić information content (AvgIpc) is 3.25. The van der Waals surface area contributed by atoms with Gasteiger partial charge in [0.25, 0.3) is 11.8 Å². The predicted molar refractivity (Wildman–Crippen MR) is 131 cm³/mol. The summed E-state index contributed by atoms with van der Waals surface area (Å²) in [4.78, 5) is 39.1. The molecule has 0 radical (unpaired) electrons. The van der Waals surface area contributed by atoms with Crippen molar-refractivity contribution in [3.63, 3.8) is 0 Å². The molecular formula is C24H26N6O4S. The maximum absolute atomic E-state index is 12.7. The number of nitrogens with one attached hydrogen (secondary N) is 2. The summed E-state index contributed by atoms with van der Waals surface area (Å²) >= 11 is 1.23. The third kappa shape index (κ3) is 6.46. The van der Waals surface area contributed by atoms with Crippen molar-refractivity contribution in [1.82, 2.24) is 25.0 Å². The second-order valence-corrected chi connectivity index (χ2v) is 8.77. The number of morpholine rings is 1. The van der Waals surface area contributed by atoms with E-state index < -0.39 is 0 Å². The third-order valence-electron chi connectivity index (χ3n) is 5.39. The van der Waals surface area contributed by atoms with Crippen LogP contribution in [0.5, 0.6) is 0 Å². The zero-order valence-corrected chi connectivity index (χ0v) is 20.1. The van der Waals surface area contributed by atoms with Crippen molar-refractivity contribution in [3.8, 4) is 0 Å². The summed E-state index contributed by atoms with van der Waals surface area (Å²) in [6, 6.07) is 15.8. The van der Waals surface area contributed by atoms with Gasteiger partial charge in [-0.25, -0.2) is 0 Å². The van der Waals surface area contributed by atoms with Crippen LogP contribution in [0.15, 0.2) is 59.8 Å². The molecule has 35 heavy (non-hydrogen) atoms. The molecule has 0 atom stereocenters. The van der Waals surface area contributed by atoms with Gasteiger partial charge in [0.15, 0.2) is 11.0 Å². The molecule has 1 aromatic heterocycles. The van der Waals surface area contributed by atoms with Crippen LogP contribution >= 0.6 is 11.8 Å². The normalized spacial score (nSPS) is 13.3. The Balaban J connectivity index is 1.28. The van der Waals surface area contributed by atoms with Crippen molar-refractivity contribution in [3.05, 3.63) is 71.5 Å². The molecule has 0 spiro atoms. The number of benzene rings is 2. The number of hydrogen-bond acceptors (Lipinski definition) is 7. The van der Waals surface area contributed by atoms with Gasteiger partial charge in [-0.05, 0) is 30.3 Å². The molecule has 3 aromatic rings. The summed E-state index contributed by atoms with van der Waals surface area (Å²) in [5.74, 6) is 0.185. The van der Waals surface area contributed by atoms with Crippen LogP contribution in [0.2, 0.25) is 0 Å². The van der Waals surface area contributed by atoms with Gasteiger partial charge in [-0.15, -0.1) is 10.2 Å². The molecule has 11 heteroatoms. The van der Waals surface area contributed by atoms with E-state index in [0.29, 0.717) is 54.1 Å². The van der Waals surface area contributed by atoms with Crippen LogP contribution in [0.1, 0.15) is 26.5 Å². The number of hydrogen-bond donors (Lipinski definition) is 2. The molecule has 3 amide bonds. The Morgan fingerprint density at radius 3 is 2.51 bits per heavy atom. The van der Waals surface area contributed by atoms with Gasteiger partial charge < -0.3 is 24.8 Å². The molecule has 182 valence electrons. The lowest BCUT2D eigenvalue weighted by molar-refractivity contribution is -0.113. The molecule has 0 saturated carbocycles. The third-order valence-corrected chi connectivity index (χ3v) is 6.41. The van der Waals surface area contributed by atoms with Gasteiger partial charge in [0.2, 0.25) is 5.91 Å². The summed E-state index contributed by atoms with van der Waals surface area (Å²) in [5, 5.41) is 14.4. The molecule has 4 rings (SSSR count). The van der Waals surface area contributed by atoms with Crippen molar-refractivity contribution < 1.29 is 19.1 Å². The summed E-state index contributed by atoms with van der Waals surface area (Å²) < 4.78 is 7.04. The van der Waals surface area contributed by atoms with Crippen molar-refractivity contribution in [2.45, 2.75) is 11.7 Å². The molecule has 2 N–H and O–H groups in total. The maximum Gasteiger partial charge on any atom is 0.254 e. The molecule has 2 heterocycles. The van der Waals surface area contributed by atoms with Gasteiger partial charge in [-0.1, -0.05) is 36.0 Å². The first-order valence-electron chi connectivity index (χ1n) is 11.1. The summed E-state index contributed by atoms with van der Waals surface area (Å²) in [6.07, 6.45) is 0. The average molecular weight is 495 g/mol. The number of carbonyl (C=O) groups is 3. The van der Waals surface area contributed by atoms with Gasteiger partial charge in [0, 0.05) is 37.0 Å². The topological polar surface area (TPSA) is 118 Å². The van der Waals surface area contributed by atoms with Gasteiger partial charge in [0.1, 0.15) is 0 Å². The van der Waals surface area contributed by atoms with Gasteiger partial charge in [-0.3, -0.25) is 14.4 Å². The number of thioether (sulfide) groups is 1. The summed E-state index contributed by atoms with van der Waals surface area (Å²) in [7, 11) is 1.78. The number of rotatable bonds is 8. The van der Waals surface area contributed by atoms with E-state index >= 15 is 0 Å². The molecule has 1 aliphatic heterocycles. The number of anilines is 1. The molecule has 0 bridgehead atoms. The van der Waals surface area contributed by atoms with Crippen molar-refractivity contribution in [1.29, 1.82) is 0 Å². The fraction of sp³-hybridized carbons (Fsp3) is 0.292. The lowest BCUT2D eigenvalue weighted by Crippen LogP contribution is -2.40. The van der Waals surface area contributed by atoms with E-state index in [0.717, 1.165) is 0 Å². The quantitative estimate of drug-likeness (QED) is 0.460. The molecule has 0 aliphatic carbocycles. The van der Waals surface area contributed by atoms with E-state index in [9.17, 15) is 14.4 Å². The minimum Gasteiger partial charge on any atom is -0.378 e. The Hall–Kier alpha value is -3.70. The van der Waals surface area contributed by atoms with Crippen molar-refractivity contribution in [2.75, 3.05) is 37.4 Å². The SMILES string of the molecule is Cn1c(CNC(=O)c2ccccc2)nnc1SCC(=O)Nc1cccc(C(=O)N2CCOCC2)c1. The Labute approximate surface area is 207 Å². The highest BCUT2D eigenvalue weighted by molar-refractivity contribution is 7.99. The van der Waals surface area contributed by atoms with Crippen LogP contribution in [-0.2, 0) is 23.1 Å². The van der Waals surface area contributed by atoms with Gasteiger partial charge in [-0.2, -0.15) is 0 Å². The molecule has 0 unspecified atom stereocenters. The van der Waals surface area contributed by atoms with E-state index in [1.54, 1.807) is 65.0 Å². The van der Waals surface area contributed by atoms with E-state index in [1.165, 1.54) is 11.8 Å². The summed E-state index contributed by atoms with van der Waals surface area (Å²) in [5.41, 5.74) is 1.64. The van der Waals surface area contributed by atoms with E-state index in [-0.39, 0.29) is 30.0 Å². The van der Waals surface area contributed by atoms with Gasteiger partial charge >= 0.3 is 0 Å². The van der Waals surface area contributed by atoms with E-state index in [4.69, 9.17) is 4.74 Å². The second-order valence-electron chi connectivity index (χ2n) is 7.83. The molecule has 1 aliphatic rings. The van der Waals surface area contributed by atoms with Crippen molar-refractivity contribution >= 4 is 35.2 Å². The van der Waals surface area contributed by atoms with Crippen LogP contribution in [0, 0.1) is 0 Å². The minimum atomic E-state index is -0.229. The number of aromatic nitrogens is 3. The second kappa shape index (κ2) is 11.6. The monoisotopic (exact) mass is 494 g/mol. The van der Waals surface area contributed by atoms with Crippen LogP contribution < -0.4 is 10.6 Å². The fourth-order valence-corrected chi connectivity index (χ4v) is 4.21. The molecule has 1 saturated heterocycles. The zero-order valence-electron chi connectivity index (χ0n) is 19.3. The Morgan fingerprint density at radius 1 is 1.00 bits per heavy atom. The number of amides is 3. The Bertz CT molecular complexity index is 1190. The molecule has 10 nitrogen and oxygen atoms in total. The first kappa shape index (κ1) is 24.4. The summed E-state index contributed by atoms with van der Waals surface area (Å²) in [6.45, 7) is 2.39. The highest BCUT2D eigenvalue weighted by Crippen LogP contribution is 2.18. The van der Waals surface area contributed by atoms with Gasteiger partial charge in [0.05, 0.1) is 25.5 Å². The highest BCUT2D eigenvalue weighted by atomic mass is 32.2. The fourth-order valence-electron chi connectivity index (χ4n) is 3.48. The largest absolute Gasteiger partial charge is 0.378 e. The minimum absolute atomic E-state index is 0.0789. The standard InChI is InChI=1S/C24H26N6O4S/c1-29-20(15-25-22(32)17-6-3-2-4-7-17)27-28-24(29)35-16-21(31)26-19-9-5-8-18(14-19)23(33)30-10-12-34-13-11-30/h2-9,14H,10-13,15-16H2,1H3,(H,25,32)(H,26,31). The van der Waals surface area contributed by atoms with Crippen LogP contribution in [0.3, 0.4) is 0 Å². The van der Waals surface area contributed by atoms with Crippen LogP contribution in [-0.4, -0.2) is 69.4 Å². The number of ether oxygens (including phenoxy) is 1.